The van der Waals surface area contributed by atoms with Gasteiger partial charge in [-0.05, 0) is 18.2 Å². The number of nitrogens with zero attached hydrogens (tertiary/aromatic N) is 1. The summed E-state index contributed by atoms with van der Waals surface area (Å²) in [4.78, 5) is 3.94. The lowest BCUT2D eigenvalue weighted by Gasteiger charge is -2.06. The molecule has 3 nitrogen and oxygen atoms in total. The van der Waals surface area contributed by atoms with Gasteiger partial charge in [0.2, 0.25) is 0 Å². The molecule has 0 atom stereocenters. The normalized spacial score (nSPS) is 9.07. The van der Waals surface area contributed by atoms with Crippen molar-refractivity contribution in [2.45, 2.75) is 0 Å². The van der Waals surface area contributed by atoms with Crippen LogP contribution in [0.2, 0.25) is 0 Å². The molecule has 1 aromatic carbocycles. The summed E-state index contributed by atoms with van der Waals surface area (Å²) in [5.41, 5.74) is 6.29. The van der Waals surface area contributed by atoms with Crippen molar-refractivity contribution in [3.05, 3.63) is 48.8 Å². The van der Waals surface area contributed by atoms with Crippen LogP contribution in [0.5, 0.6) is 11.5 Å². The SMILES string of the molecule is Cl.Nc1ccncc1Oc1ccccc1. The van der Waals surface area contributed by atoms with Crippen LogP contribution in [-0.2, 0) is 0 Å². The Balaban J connectivity index is 0.00000112. The maximum Gasteiger partial charge on any atom is 0.168 e. The monoisotopic (exact) mass is 222 g/mol. The van der Waals surface area contributed by atoms with Gasteiger partial charge in [0.25, 0.3) is 0 Å². The number of ether oxygens (including phenoxy) is 1. The summed E-state index contributed by atoms with van der Waals surface area (Å²) in [7, 11) is 0. The third-order valence-electron chi connectivity index (χ3n) is 1.79. The molecular weight excluding hydrogens is 212 g/mol. The molecule has 0 aliphatic carbocycles. The van der Waals surface area contributed by atoms with Gasteiger partial charge in [0, 0.05) is 6.20 Å². The van der Waals surface area contributed by atoms with Gasteiger partial charge in [-0.25, -0.2) is 0 Å². The molecule has 0 saturated heterocycles. The molecule has 78 valence electrons. The minimum absolute atomic E-state index is 0. The Labute approximate surface area is 94.3 Å². The minimum Gasteiger partial charge on any atom is -0.454 e. The molecule has 15 heavy (non-hydrogen) atoms. The predicted molar refractivity (Wildman–Crippen MR) is 62.4 cm³/mol. The highest BCUT2D eigenvalue weighted by atomic mass is 35.5. The summed E-state index contributed by atoms with van der Waals surface area (Å²) in [6.07, 6.45) is 3.23. The van der Waals surface area contributed by atoms with Crippen LogP contribution in [0.15, 0.2) is 48.8 Å². The molecule has 0 unspecified atom stereocenters. The van der Waals surface area contributed by atoms with E-state index in [2.05, 4.69) is 4.98 Å². The van der Waals surface area contributed by atoms with Crippen LogP contribution < -0.4 is 10.5 Å². The van der Waals surface area contributed by atoms with Crippen LogP contribution in [0.25, 0.3) is 0 Å². The van der Waals surface area contributed by atoms with Crippen molar-refractivity contribution >= 4 is 18.1 Å². The Kier molecular flexibility index (Phi) is 3.94. The van der Waals surface area contributed by atoms with E-state index in [0.29, 0.717) is 11.4 Å². The Morgan fingerprint density at radius 1 is 1.07 bits per heavy atom. The second-order valence-electron chi connectivity index (χ2n) is 2.83. The molecule has 1 heterocycles. The number of hydrogen-bond acceptors (Lipinski definition) is 3. The van der Waals surface area contributed by atoms with E-state index in [1.807, 2.05) is 30.3 Å². The number of halogens is 1. The van der Waals surface area contributed by atoms with E-state index in [4.69, 9.17) is 10.5 Å². The van der Waals surface area contributed by atoms with Gasteiger partial charge >= 0.3 is 0 Å². The molecular formula is C11H11ClN2O. The van der Waals surface area contributed by atoms with Crippen LogP contribution in [0.4, 0.5) is 5.69 Å². The minimum atomic E-state index is 0. The van der Waals surface area contributed by atoms with Crippen molar-refractivity contribution in [2.24, 2.45) is 0 Å². The van der Waals surface area contributed by atoms with Crippen molar-refractivity contribution in [1.29, 1.82) is 0 Å². The second-order valence-corrected chi connectivity index (χ2v) is 2.83. The van der Waals surface area contributed by atoms with Gasteiger partial charge in [0.15, 0.2) is 5.75 Å². The summed E-state index contributed by atoms with van der Waals surface area (Å²) in [5.74, 6) is 1.34. The molecule has 2 rings (SSSR count). The zero-order valence-electron chi connectivity index (χ0n) is 7.96. The third-order valence-corrected chi connectivity index (χ3v) is 1.79. The fraction of sp³-hybridized carbons (Fsp3) is 0. The van der Waals surface area contributed by atoms with Crippen LogP contribution in [-0.4, -0.2) is 4.98 Å². The highest BCUT2D eigenvalue weighted by Gasteiger charge is 1.99. The topological polar surface area (TPSA) is 48.1 Å². The van der Waals surface area contributed by atoms with Gasteiger partial charge in [-0.2, -0.15) is 0 Å². The number of benzene rings is 1. The van der Waals surface area contributed by atoms with Crippen LogP contribution >= 0.6 is 12.4 Å². The lowest BCUT2D eigenvalue weighted by Crippen LogP contribution is -1.92. The zero-order chi connectivity index (χ0) is 9.80. The Morgan fingerprint density at radius 3 is 2.47 bits per heavy atom. The number of nitrogen functional groups attached to an aromatic ring is 1. The van der Waals surface area contributed by atoms with Crippen molar-refractivity contribution in [2.75, 3.05) is 5.73 Å². The number of nitrogens with two attached hydrogens (primary N) is 1. The van der Waals surface area contributed by atoms with E-state index < -0.39 is 0 Å². The van der Waals surface area contributed by atoms with Crippen molar-refractivity contribution in [3.8, 4) is 11.5 Å². The Hall–Kier alpha value is -1.74. The lowest BCUT2D eigenvalue weighted by atomic mass is 10.3. The maximum atomic E-state index is 5.70. The van der Waals surface area contributed by atoms with Gasteiger partial charge in [-0.15, -0.1) is 12.4 Å². The van der Waals surface area contributed by atoms with E-state index in [-0.39, 0.29) is 12.4 Å². The first-order valence-corrected chi connectivity index (χ1v) is 4.28. The molecule has 0 saturated carbocycles. The van der Waals surface area contributed by atoms with Gasteiger partial charge in [0.1, 0.15) is 5.75 Å². The van der Waals surface area contributed by atoms with Crippen LogP contribution in [0.1, 0.15) is 0 Å². The summed E-state index contributed by atoms with van der Waals surface area (Å²) < 4.78 is 5.52. The van der Waals surface area contributed by atoms with Gasteiger partial charge in [-0.1, -0.05) is 18.2 Å². The fourth-order valence-corrected chi connectivity index (χ4v) is 1.09. The largest absolute Gasteiger partial charge is 0.454 e. The van der Waals surface area contributed by atoms with Crippen LogP contribution in [0, 0.1) is 0 Å². The molecule has 0 aliphatic rings. The summed E-state index contributed by atoms with van der Waals surface area (Å²) in [5, 5.41) is 0. The molecule has 0 radical (unpaired) electrons. The van der Waals surface area contributed by atoms with E-state index in [0.717, 1.165) is 5.75 Å². The quantitative estimate of drug-likeness (QED) is 0.850. The fourth-order valence-electron chi connectivity index (χ4n) is 1.09. The highest BCUT2D eigenvalue weighted by molar-refractivity contribution is 5.85. The van der Waals surface area contributed by atoms with Crippen molar-refractivity contribution in [1.82, 2.24) is 4.98 Å². The average molecular weight is 223 g/mol. The van der Waals surface area contributed by atoms with E-state index >= 15 is 0 Å². The van der Waals surface area contributed by atoms with Gasteiger partial charge < -0.3 is 10.5 Å². The van der Waals surface area contributed by atoms with Crippen molar-refractivity contribution in [3.63, 3.8) is 0 Å². The molecule has 2 aromatic rings. The first-order chi connectivity index (χ1) is 6.86. The predicted octanol–water partition coefficient (Wildman–Crippen LogP) is 2.88. The smallest absolute Gasteiger partial charge is 0.168 e. The number of hydrogen-bond donors (Lipinski definition) is 1. The lowest BCUT2D eigenvalue weighted by molar-refractivity contribution is 0.483. The first-order valence-electron chi connectivity index (χ1n) is 4.28. The summed E-state index contributed by atoms with van der Waals surface area (Å²) in [6.45, 7) is 0. The standard InChI is InChI=1S/C11H10N2O.ClH/c12-10-6-7-13-8-11(10)14-9-4-2-1-3-5-9;/h1-8H,(H2,12,13);1H. The second kappa shape index (κ2) is 5.22. The zero-order valence-corrected chi connectivity index (χ0v) is 8.78. The van der Waals surface area contributed by atoms with Crippen LogP contribution in [0.3, 0.4) is 0 Å². The van der Waals surface area contributed by atoms with Crippen molar-refractivity contribution < 1.29 is 4.74 Å². The third kappa shape index (κ3) is 2.86. The molecule has 0 bridgehead atoms. The molecule has 0 aliphatic heterocycles. The van der Waals surface area contributed by atoms with Gasteiger partial charge in [0.05, 0.1) is 11.9 Å². The molecule has 0 spiro atoms. The van der Waals surface area contributed by atoms with E-state index in [1.54, 1.807) is 18.5 Å². The summed E-state index contributed by atoms with van der Waals surface area (Å²) in [6, 6.07) is 11.2. The molecule has 0 fully saturated rings. The van der Waals surface area contributed by atoms with E-state index in [9.17, 15) is 0 Å². The van der Waals surface area contributed by atoms with Gasteiger partial charge in [-0.3, -0.25) is 4.98 Å². The first kappa shape index (κ1) is 11.3. The van der Waals surface area contributed by atoms with E-state index in [1.165, 1.54) is 0 Å². The number of pyridine rings is 1. The maximum absolute atomic E-state index is 5.70. The average Bonchev–Trinajstić information content (AvgIpc) is 2.23. The number of aromatic nitrogens is 1. The summed E-state index contributed by atoms with van der Waals surface area (Å²) >= 11 is 0. The number of rotatable bonds is 2. The molecule has 0 amide bonds. The number of para-hydroxylation sites is 1. The molecule has 4 heteroatoms. The highest BCUT2D eigenvalue weighted by Crippen LogP contribution is 2.25. The number of anilines is 1. The Bertz CT molecular complexity index is 420. The Morgan fingerprint density at radius 2 is 1.80 bits per heavy atom. The molecule has 1 aromatic heterocycles. The molecule has 2 N–H and O–H groups in total.